The highest BCUT2D eigenvalue weighted by atomic mass is 32.2. The van der Waals surface area contributed by atoms with Crippen LogP contribution in [0.15, 0.2) is 28.6 Å². The van der Waals surface area contributed by atoms with Crippen LogP contribution in [0.2, 0.25) is 0 Å². The number of aromatic nitrogens is 2. The van der Waals surface area contributed by atoms with Crippen LogP contribution >= 0.6 is 23.1 Å². The molecule has 0 unspecified atom stereocenters. The lowest BCUT2D eigenvalue weighted by atomic mass is 10.2. The van der Waals surface area contributed by atoms with Gasteiger partial charge < -0.3 is 5.73 Å². The minimum Gasteiger partial charge on any atom is -0.374 e. The van der Waals surface area contributed by atoms with Crippen LogP contribution in [-0.4, -0.2) is 27.3 Å². The van der Waals surface area contributed by atoms with Crippen LogP contribution in [0.1, 0.15) is 12.0 Å². The predicted octanol–water partition coefficient (Wildman–Crippen LogP) is 1.85. The van der Waals surface area contributed by atoms with Gasteiger partial charge in [-0.15, -0.1) is 10.2 Å². The number of carbonyl (C=O) groups is 2. The first-order chi connectivity index (χ1) is 10.0. The van der Waals surface area contributed by atoms with Crippen molar-refractivity contribution >= 4 is 45.7 Å². The van der Waals surface area contributed by atoms with Crippen LogP contribution < -0.4 is 10.6 Å². The van der Waals surface area contributed by atoms with Crippen molar-refractivity contribution in [2.24, 2.45) is 0 Å². The highest BCUT2D eigenvalue weighted by Gasteiger charge is 2.40. The molecule has 2 amide bonds. The Kier molecular flexibility index (Phi) is 3.64. The first-order valence-electron chi connectivity index (χ1n) is 6.23. The van der Waals surface area contributed by atoms with Crippen molar-refractivity contribution in [1.82, 2.24) is 10.2 Å². The summed E-state index contributed by atoms with van der Waals surface area (Å²) in [5, 5.41) is 7.47. The molecule has 1 fully saturated rings. The molecule has 0 radical (unpaired) electrons. The summed E-state index contributed by atoms with van der Waals surface area (Å²) in [5.41, 5.74) is 7.14. The molecule has 3 rings (SSSR count). The molecule has 8 heteroatoms. The van der Waals surface area contributed by atoms with E-state index in [9.17, 15) is 9.59 Å². The van der Waals surface area contributed by atoms with E-state index >= 15 is 0 Å². The Morgan fingerprint density at radius 3 is 2.86 bits per heavy atom. The SMILES string of the molecule is Cc1cccc(N2C(=O)C[C@@H](Sc3nnc(N)s3)C2=O)c1. The number of anilines is 2. The fourth-order valence-electron chi connectivity index (χ4n) is 2.12. The molecule has 1 aliphatic heterocycles. The molecule has 1 saturated heterocycles. The van der Waals surface area contributed by atoms with Crippen molar-refractivity contribution in [3.63, 3.8) is 0 Å². The van der Waals surface area contributed by atoms with Crippen molar-refractivity contribution in [2.75, 3.05) is 10.6 Å². The quantitative estimate of drug-likeness (QED) is 0.868. The van der Waals surface area contributed by atoms with Gasteiger partial charge >= 0.3 is 0 Å². The number of hydrogen-bond acceptors (Lipinski definition) is 7. The van der Waals surface area contributed by atoms with Crippen molar-refractivity contribution in [3.05, 3.63) is 29.8 Å². The van der Waals surface area contributed by atoms with Gasteiger partial charge in [-0.3, -0.25) is 9.59 Å². The lowest BCUT2D eigenvalue weighted by Gasteiger charge is -2.15. The first kappa shape index (κ1) is 14.0. The fourth-order valence-corrected chi connectivity index (χ4v) is 4.03. The van der Waals surface area contributed by atoms with Gasteiger partial charge in [0, 0.05) is 6.42 Å². The Bertz CT molecular complexity index is 716. The molecule has 0 spiro atoms. The average Bonchev–Trinajstić information content (AvgIpc) is 2.94. The van der Waals surface area contributed by atoms with E-state index in [-0.39, 0.29) is 18.2 Å². The minimum atomic E-state index is -0.467. The second kappa shape index (κ2) is 5.45. The number of carbonyl (C=O) groups excluding carboxylic acids is 2. The molecule has 21 heavy (non-hydrogen) atoms. The van der Waals surface area contributed by atoms with E-state index in [1.807, 2.05) is 25.1 Å². The van der Waals surface area contributed by atoms with E-state index in [1.165, 1.54) is 28.0 Å². The van der Waals surface area contributed by atoms with E-state index in [0.29, 0.717) is 15.2 Å². The molecule has 0 aliphatic carbocycles. The average molecular weight is 320 g/mol. The summed E-state index contributed by atoms with van der Waals surface area (Å²) in [4.78, 5) is 25.8. The van der Waals surface area contributed by atoms with Crippen molar-refractivity contribution in [3.8, 4) is 0 Å². The minimum absolute atomic E-state index is 0.164. The Hall–Kier alpha value is -1.93. The molecule has 2 aromatic rings. The van der Waals surface area contributed by atoms with Crippen molar-refractivity contribution in [1.29, 1.82) is 0 Å². The molecule has 1 aliphatic rings. The number of rotatable bonds is 3. The molecule has 6 nitrogen and oxygen atoms in total. The zero-order chi connectivity index (χ0) is 15.0. The molecule has 0 saturated carbocycles. The van der Waals surface area contributed by atoms with Crippen LogP contribution in [0, 0.1) is 6.92 Å². The van der Waals surface area contributed by atoms with Crippen molar-refractivity contribution in [2.45, 2.75) is 22.9 Å². The molecule has 1 atom stereocenters. The maximum Gasteiger partial charge on any atom is 0.247 e. The van der Waals surface area contributed by atoms with Crippen LogP contribution in [0.25, 0.3) is 0 Å². The Balaban J connectivity index is 1.82. The molecule has 2 heterocycles. The largest absolute Gasteiger partial charge is 0.374 e. The number of nitrogen functional groups attached to an aromatic ring is 1. The second-order valence-corrected chi connectivity index (χ2v) is 7.08. The van der Waals surface area contributed by atoms with E-state index in [2.05, 4.69) is 10.2 Å². The number of nitrogens with two attached hydrogens (primary N) is 1. The summed E-state index contributed by atoms with van der Waals surface area (Å²) in [7, 11) is 0. The van der Waals surface area contributed by atoms with Gasteiger partial charge in [0.2, 0.25) is 16.9 Å². The monoisotopic (exact) mass is 320 g/mol. The summed E-state index contributed by atoms with van der Waals surface area (Å²) in [5.74, 6) is -0.412. The molecule has 0 bridgehead atoms. The molecule has 108 valence electrons. The number of benzene rings is 1. The van der Waals surface area contributed by atoms with Gasteiger partial charge in [0.15, 0.2) is 4.34 Å². The molecule has 1 aromatic carbocycles. The topological polar surface area (TPSA) is 89.2 Å². The summed E-state index contributed by atoms with van der Waals surface area (Å²) >= 11 is 2.45. The smallest absolute Gasteiger partial charge is 0.247 e. The number of aryl methyl sites for hydroxylation is 1. The predicted molar refractivity (Wildman–Crippen MR) is 82.3 cm³/mol. The summed E-state index contributed by atoms with van der Waals surface area (Å²) in [6.07, 6.45) is 0.164. The maximum absolute atomic E-state index is 12.4. The van der Waals surface area contributed by atoms with E-state index < -0.39 is 5.25 Å². The molecule has 2 N–H and O–H groups in total. The number of thioether (sulfide) groups is 1. The van der Waals surface area contributed by atoms with Gasteiger partial charge in [0.1, 0.15) is 5.25 Å². The standard InChI is InChI=1S/C13H12N4O2S2/c1-7-3-2-4-8(5-7)17-10(18)6-9(11(17)19)20-13-16-15-12(14)21-13/h2-5,9H,6H2,1H3,(H2,14,15)/t9-/m1/s1. The lowest BCUT2D eigenvalue weighted by Crippen LogP contribution is -2.31. The van der Waals surface area contributed by atoms with E-state index in [1.54, 1.807) is 6.07 Å². The molecule has 1 aromatic heterocycles. The number of hydrogen-bond donors (Lipinski definition) is 1. The van der Waals surface area contributed by atoms with Crippen LogP contribution in [0.4, 0.5) is 10.8 Å². The van der Waals surface area contributed by atoms with E-state index in [0.717, 1.165) is 5.56 Å². The zero-order valence-electron chi connectivity index (χ0n) is 11.1. The first-order valence-corrected chi connectivity index (χ1v) is 7.93. The third kappa shape index (κ3) is 2.77. The van der Waals surface area contributed by atoms with Gasteiger partial charge in [-0.05, 0) is 24.6 Å². The third-order valence-corrected chi connectivity index (χ3v) is 5.05. The summed E-state index contributed by atoms with van der Waals surface area (Å²) < 4.78 is 0.602. The van der Waals surface area contributed by atoms with Crippen LogP contribution in [0.5, 0.6) is 0 Å². The normalized spacial score (nSPS) is 18.5. The van der Waals surface area contributed by atoms with Crippen molar-refractivity contribution < 1.29 is 9.59 Å². The van der Waals surface area contributed by atoms with Gasteiger partial charge in [-0.25, -0.2) is 4.90 Å². The number of imide groups is 1. The molecular weight excluding hydrogens is 308 g/mol. The highest BCUT2D eigenvalue weighted by Crippen LogP contribution is 2.35. The number of amides is 2. The fraction of sp³-hybridized carbons (Fsp3) is 0.231. The van der Waals surface area contributed by atoms with Gasteiger partial charge in [0.05, 0.1) is 5.69 Å². The third-order valence-electron chi connectivity index (χ3n) is 3.03. The van der Waals surface area contributed by atoms with E-state index in [4.69, 9.17) is 5.73 Å². The van der Waals surface area contributed by atoms with Gasteiger partial charge in [-0.1, -0.05) is 35.2 Å². The highest BCUT2D eigenvalue weighted by molar-refractivity contribution is 8.02. The Morgan fingerprint density at radius 1 is 1.38 bits per heavy atom. The lowest BCUT2D eigenvalue weighted by molar-refractivity contribution is -0.121. The van der Waals surface area contributed by atoms with Crippen LogP contribution in [0.3, 0.4) is 0 Å². The van der Waals surface area contributed by atoms with Gasteiger partial charge in [-0.2, -0.15) is 0 Å². The zero-order valence-corrected chi connectivity index (χ0v) is 12.8. The Morgan fingerprint density at radius 2 is 2.19 bits per heavy atom. The summed E-state index contributed by atoms with van der Waals surface area (Å²) in [6.45, 7) is 1.92. The number of nitrogens with zero attached hydrogens (tertiary/aromatic N) is 3. The maximum atomic E-state index is 12.4. The van der Waals surface area contributed by atoms with Gasteiger partial charge in [0.25, 0.3) is 0 Å². The Labute approximate surface area is 129 Å². The second-order valence-electron chi connectivity index (χ2n) is 4.62. The summed E-state index contributed by atoms with van der Waals surface area (Å²) in [6, 6.07) is 7.34. The van der Waals surface area contributed by atoms with Crippen LogP contribution in [-0.2, 0) is 9.59 Å². The molecular formula is C13H12N4O2S2.